The van der Waals surface area contributed by atoms with Crippen molar-refractivity contribution in [2.45, 2.75) is 44.2 Å². The van der Waals surface area contributed by atoms with Gasteiger partial charge in [-0.3, -0.25) is 14.5 Å². The summed E-state index contributed by atoms with van der Waals surface area (Å²) in [5.74, 6) is -0.146. The highest BCUT2D eigenvalue weighted by Gasteiger charge is 2.29. The van der Waals surface area contributed by atoms with Crippen molar-refractivity contribution in [3.8, 4) is 0 Å². The van der Waals surface area contributed by atoms with E-state index in [2.05, 4.69) is 41.4 Å². The lowest BCUT2D eigenvalue weighted by Crippen LogP contribution is -2.33. The zero-order valence-electron chi connectivity index (χ0n) is 25.0. The molecule has 2 amide bonds. The van der Waals surface area contributed by atoms with Gasteiger partial charge in [0.25, 0.3) is 11.8 Å². The molecule has 1 aliphatic heterocycles. The number of halogens is 1. The van der Waals surface area contributed by atoms with Crippen molar-refractivity contribution >= 4 is 46.9 Å². The molecule has 0 aromatic heterocycles. The van der Waals surface area contributed by atoms with E-state index in [9.17, 15) is 9.59 Å². The monoisotopic (exact) mass is 623 g/mol. The Hall–Kier alpha value is -3.84. The molecule has 1 N–H and O–H groups in total. The number of carbonyl (C=O) groups is 2. The second kappa shape index (κ2) is 15.8. The van der Waals surface area contributed by atoms with Crippen LogP contribution < -0.4 is 10.2 Å². The molecular formula is C37H38ClN3O2S. The Kier molecular flexibility index (Phi) is 11.3. The van der Waals surface area contributed by atoms with Gasteiger partial charge in [-0.2, -0.15) is 0 Å². The van der Waals surface area contributed by atoms with Crippen LogP contribution in [-0.2, 0) is 17.9 Å². The molecule has 0 atom stereocenters. The number of hydrogen-bond donors (Lipinski definition) is 1. The van der Waals surface area contributed by atoms with E-state index < -0.39 is 0 Å². The maximum absolute atomic E-state index is 13.6. The van der Waals surface area contributed by atoms with Crippen LogP contribution in [0, 0.1) is 0 Å². The van der Waals surface area contributed by atoms with Crippen LogP contribution in [0.1, 0.15) is 53.2 Å². The number of anilines is 1. The van der Waals surface area contributed by atoms with Gasteiger partial charge >= 0.3 is 0 Å². The van der Waals surface area contributed by atoms with Gasteiger partial charge in [0, 0.05) is 35.1 Å². The summed E-state index contributed by atoms with van der Waals surface area (Å²) in [7, 11) is 0. The highest BCUT2D eigenvalue weighted by atomic mass is 35.5. The molecule has 1 aliphatic rings. The topological polar surface area (TPSA) is 52.7 Å². The van der Waals surface area contributed by atoms with Crippen LogP contribution in [-0.4, -0.2) is 36.3 Å². The second-order valence-electron chi connectivity index (χ2n) is 10.9. The van der Waals surface area contributed by atoms with E-state index in [0.717, 1.165) is 60.6 Å². The molecule has 1 heterocycles. The molecule has 0 bridgehead atoms. The Balaban J connectivity index is 1.19. The maximum Gasteiger partial charge on any atom is 0.265 e. The first-order valence-corrected chi connectivity index (χ1v) is 16.4. The number of benzene rings is 4. The number of amides is 2. The third-order valence-corrected chi connectivity index (χ3v) is 8.86. The lowest BCUT2D eigenvalue weighted by molar-refractivity contribution is -0.114. The van der Waals surface area contributed by atoms with Crippen molar-refractivity contribution in [2.75, 3.05) is 24.5 Å². The summed E-state index contributed by atoms with van der Waals surface area (Å²) in [6.07, 6.45) is 5.11. The van der Waals surface area contributed by atoms with Gasteiger partial charge in [0.05, 0.1) is 17.1 Å². The van der Waals surface area contributed by atoms with Crippen molar-refractivity contribution in [1.82, 2.24) is 10.2 Å². The summed E-state index contributed by atoms with van der Waals surface area (Å²) in [6.45, 7) is 6.18. The van der Waals surface area contributed by atoms with E-state index in [1.807, 2.05) is 84.9 Å². The number of nitrogens with one attached hydrogen (secondary N) is 1. The number of fused-ring (bicyclic) bond motifs is 1. The molecule has 5 nitrogen and oxygen atoms in total. The van der Waals surface area contributed by atoms with Crippen molar-refractivity contribution in [2.24, 2.45) is 0 Å². The summed E-state index contributed by atoms with van der Waals surface area (Å²) in [4.78, 5) is 32.4. The third kappa shape index (κ3) is 8.63. The number of hydrogen-bond acceptors (Lipinski definition) is 4. The van der Waals surface area contributed by atoms with E-state index in [1.165, 1.54) is 17.3 Å². The van der Waals surface area contributed by atoms with Crippen LogP contribution in [0.3, 0.4) is 0 Å². The first-order chi connectivity index (χ1) is 21.5. The largest absolute Gasteiger partial charge is 0.352 e. The molecule has 0 saturated heterocycles. The quantitative estimate of drug-likeness (QED) is 0.120. The van der Waals surface area contributed by atoms with E-state index in [1.54, 1.807) is 4.90 Å². The van der Waals surface area contributed by atoms with Gasteiger partial charge < -0.3 is 10.2 Å². The Labute approximate surface area is 269 Å². The van der Waals surface area contributed by atoms with Gasteiger partial charge in [0.2, 0.25) is 0 Å². The number of unbranched alkanes of at least 4 members (excludes halogenated alkanes) is 1. The Morgan fingerprint density at radius 3 is 2.39 bits per heavy atom. The maximum atomic E-state index is 13.6. The minimum atomic E-state index is -0.0860. The Bertz CT molecular complexity index is 1590. The summed E-state index contributed by atoms with van der Waals surface area (Å²) < 4.78 is 0. The number of carbonyl (C=O) groups excluding carboxylic acids is 2. The van der Waals surface area contributed by atoms with Crippen molar-refractivity contribution < 1.29 is 9.59 Å². The average Bonchev–Trinajstić information content (AvgIpc) is 3.04. The van der Waals surface area contributed by atoms with E-state index in [0.29, 0.717) is 28.6 Å². The standard InChI is InChI=1S/C37H38ClN3O2S/c1-2-3-22-40(26-29-11-5-4-6-12-29)23-10-21-39-36(42)31-19-17-28(18-20-31)25-35-37(43)41(27-30-13-9-14-32(38)24-30)33-15-7-8-16-34(33)44-35/h4-9,11-20,24-25H,2-3,10,21-23,26-27H2,1H3,(H,39,42)/b35-25+. The molecule has 5 rings (SSSR count). The number of rotatable bonds is 13. The zero-order chi connectivity index (χ0) is 30.7. The first-order valence-electron chi connectivity index (χ1n) is 15.2. The number of thioether (sulfide) groups is 1. The van der Waals surface area contributed by atoms with Gasteiger partial charge in [-0.15, -0.1) is 0 Å². The molecule has 44 heavy (non-hydrogen) atoms. The highest BCUT2D eigenvalue weighted by Crippen LogP contribution is 2.42. The van der Waals surface area contributed by atoms with Crippen LogP contribution in [0.2, 0.25) is 5.02 Å². The predicted molar refractivity (Wildman–Crippen MR) is 183 cm³/mol. The molecule has 0 fully saturated rings. The molecule has 4 aromatic rings. The Morgan fingerprint density at radius 2 is 1.61 bits per heavy atom. The SMILES string of the molecule is CCCCN(CCCNC(=O)c1ccc(/C=C2/Sc3ccccc3N(Cc3cccc(Cl)c3)C2=O)cc1)Cc1ccccc1. The molecule has 0 aliphatic carbocycles. The second-order valence-corrected chi connectivity index (χ2v) is 12.5. The lowest BCUT2D eigenvalue weighted by Gasteiger charge is -2.30. The fraction of sp³-hybridized carbons (Fsp3) is 0.243. The number of para-hydroxylation sites is 1. The molecular weight excluding hydrogens is 586 g/mol. The predicted octanol–water partition coefficient (Wildman–Crippen LogP) is 8.44. The summed E-state index contributed by atoms with van der Waals surface area (Å²) >= 11 is 7.68. The molecule has 0 unspecified atom stereocenters. The molecule has 4 aromatic carbocycles. The molecule has 226 valence electrons. The van der Waals surface area contributed by atoms with E-state index in [4.69, 9.17) is 11.6 Å². The molecule has 0 spiro atoms. The fourth-order valence-electron chi connectivity index (χ4n) is 5.22. The summed E-state index contributed by atoms with van der Waals surface area (Å²) in [6, 6.07) is 33.5. The van der Waals surface area contributed by atoms with Crippen molar-refractivity contribution in [3.05, 3.63) is 135 Å². The molecule has 0 radical (unpaired) electrons. The van der Waals surface area contributed by atoms with Gasteiger partial charge in [0.15, 0.2) is 0 Å². The lowest BCUT2D eigenvalue weighted by atomic mass is 10.1. The average molecular weight is 624 g/mol. The smallest absolute Gasteiger partial charge is 0.265 e. The van der Waals surface area contributed by atoms with E-state index >= 15 is 0 Å². The van der Waals surface area contributed by atoms with Gasteiger partial charge in [-0.25, -0.2) is 0 Å². The van der Waals surface area contributed by atoms with Crippen LogP contribution in [0.25, 0.3) is 6.08 Å². The summed E-state index contributed by atoms with van der Waals surface area (Å²) in [5.41, 5.74) is 4.64. The number of nitrogens with zero attached hydrogens (tertiary/aromatic N) is 2. The van der Waals surface area contributed by atoms with Crippen molar-refractivity contribution in [1.29, 1.82) is 0 Å². The van der Waals surface area contributed by atoms with Crippen LogP contribution >= 0.6 is 23.4 Å². The minimum Gasteiger partial charge on any atom is -0.352 e. The third-order valence-electron chi connectivity index (χ3n) is 7.55. The Morgan fingerprint density at radius 1 is 0.886 bits per heavy atom. The van der Waals surface area contributed by atoms with Crippen LogP contribution in [0.5, 0.6) is 0 Å². The van der Waals surface area contributed by atoms with Crippen LogP contribution in [0.4, 0.5) is 5.69 Å². The fourth-order valence-corrected chi connectivity index (χ4v) is 6.49. The van der Waals surface area contributed by atoms with E-state index in [-0.39, 0.29) is 11.8 Å². The molecule has 0 saturated carbocycles. The van der Waals surface area contributed by atoms with Gasteiger partial charge in [0.1, 0.15) is 0 Å². The molecule has 7 heteroatoms. The van der Waals surface area contributed by atoms with Gasteiger partial charge in [-0.05, 0) is 78.6 Å². The summed E-state index contributed by atoms with van der Waals surface area (Å²) in [5, 5.41) is 3.72. The van der Waals surface area contributed by atoms with Crippen molar-refractivity contribution in [3.63, 3.8) is 0 Å². The van der Waals surface area contributed by atoms with Crippen LogP contribution in [0.15, 0.2) is 113 Å². The normalized spacial score (nSPS) is 13.8. The zero-order valence-corrected chi connectivity index (χ0v) is 26.6. The van der Waals surface area contributed by atoms with Gasteiger partial charge in [-0.1, -0.05) is 103 Å². The minimum absolute atomic E-state index is 0.0595. The highest BCUT2D eigenvalue weighted by molar-refractivity contribution is 8.04. The first kappa shape index (κ1) is 31.6.